The van der Waals surface area contributed by atoms with Crippen LogP contribution in [0.15, 0.2) is 12.1 Å². The second kappa shape index (κ2) is 5.00. The largest absolute Gasteiger partial charge is 0.479 e. The number of hydrogen-bond donors (Lipinski definition) is 2. The molecule has 6 heteroatoms. The molecule has 0 spiro atoms. The Labute approximate surface area is 90.1 Å². The fourth-order valence-electron chi connectivity index (χ4n) is 1.22. The fraction of sp³-hybridized carbons (Fsp3) is 0.300. The highest BCUT2D eigenvalue weighted by molar-refractivity contribution is 5.74. The number of methoxy groups -OCH3 is 1. The molecule has 0 aliphatic carbocycles. The molecule has 88 valence electrons. The molecule has 1 aromatic rings. The van der Waals surface area contributed by atoms with E-state index in [1.807, 2.05) is 0 Å². The normalized spacial score (nSPS) is 12.5. The quantitative estimate of drug-likeness (QED) is 0.819. The molecule has 0 aliphatic heterocycles. The second-order valence-electron chi connectivity index (χ2n) is 3.12. The van der Waals surface area contributed by atoms with Crippen LogP contribution in [0.3, 0.4) is 0 Å². The van der Waals surface area contributed by atoms with Crippen molar-refractivity contribution in [3.63, 3.8) is 0 Å². The first-order valence-electron chi connectivity index (χ1n) is 4.35. The molecule has 1 unspecified atom stereocenters. The maximum atomic E-state index is 13.3. The van der Waals surface area contributed by atoms with Gasteiger partial charge in [-0.1, -0.05) is 12.1 Å². The van der Waals surface area contributed by atoms with E-state index in [1.165, 1.54) is 13.2 Å². The number of carboxylic acids is 1. The van der Waals surface area contributed by atoms with Crippen LogP contribution in [0.1, 0.15) is 17.2 Å². The molecule has 0 aromatic heterocycles. The molecule has 0 aliphatic rings. The number of halogens is 2. The van der Waals surface area contributed by atoms with Crippen LogP contribution in [0.4, 0.5) is 8.78 Å². The molecule has 0 bridgehead atoms. The van der Waals surface area contributed by atoms with Gasteiger partial charge in [-0.05, 0) is 0 Å². The lowest BCUT2D eigenvalue weighted by Crippen LogP contribution is -2.13. The zero-order chi connectivity index (χ0) is 12.3. The average Bonchev–Trinajstić information content (AvgIpc) is 2.24. The van der Waals surface area contributed by atoms with E-state index in [0.29, 0.717) is 0 Å². The summed E-state index contributed by atoms with van der Waals surface area (Å²) in [7, 11) is 1.32. The molecule has 1 atom stereocenters. The van der Waals surface area contributed by atoms with Crippen molar-refractivity contribution in [1.29, 1.82) is 0 Å². The Morgan fingerprint density at radius 3 is 2.56 bits per heavy atom. The Bertz CT molecular complexity index is 406. The maximum Gasteiger partial charge on any atom is 0.337 e. The smallest absolute Gasteiger partial charge is 0.337 e. The molecule has 0 heterocycles. The highest BCUT2D eigenvalue weighted by atomic mass is 19.2. The Balaban J connectivity index is 3.16. The van der Waals surface area contributed by atoms with Crippen LogP contribution in [0.25, 0.3) is 0 Å². The molecule has 0 amide bonds. The zero-order valence-electron chi connectivity index (χ0n) is 8.41. The third-order valence-corrected chi connectivity index (χ3v) is 2.02. The minimum Gasteiger partial charge on any atom is -0.479 e. The first kappa shape index (κ1) is 12.5. The van der Waals surface area contributed by atoms with Crippen LogP contribution in [0.2, 0.25) is 0 Å². The molecular formula is C10H10F2O4. The first-order chi connectivity index (χ1) is 7.49. The van der Waals surface area contributed by atoms with E-state index in [-0.39, 0.29) is 12.2 Å². The predicted molar refractivity (Wildman–Crippen MR) is 49.7 cm³/mol. The van der Waals surface area contributed by atoms with Gasteiger partial charge >= 0.3 is 5.97 Å². The average molecular weight is 232 g/mol. The van der Waals surface area contributed by atoms with Gasteiger partial charge in [-0.2, -0.15) is 0 Å². The molecule has 0 radical (unpaired) electrons. The lowest BCUT2D eigenvalue weighted by molar-refractivity contribution is -0.147. The van der Waals surface area contributed by atoms with E-state index in [2.05, 4.69) is 4.74 Å². The number of ether oxygens (including phenoxy) is 1. The first-order valence-corrected chi connectivity index (χ1v) is 4.35. The third kappa shape index (κ3) is 2.34. The summed E-state index contributed by atoms with van der Waals surface area (Å²) in [6.07, 6.45) is -2.08. The summed E-state index contributed by atoms with van der Waals surface area (Å²) in [6.45, 7) is -0.133. The summed E-state index contributed by atoms with van der Waals surface area (Å²) < 4.78 is 31.3. The summed E-state index contributed by atoms with van der Waals surface area (Å²) in [5, 5.41) is 17.5. The van der Waals surface area contributed by atoms with Crippen LogP contribution >= 0.6 is 0 Å². The second-order valence-corrected chi connectivity index (χ2v) is 3.12. The topological polar surface area (TPSA) is 66.8 Å². The summed E-state index contributed by atoms with van der Waals surface area (Å²) in [5.74, 6) is -4.22. The SMILES string of the molecule is COCc1ccc(C(O)C(=O)O)c(F)c1F. The van der Waals surface area contributed by atoms with Crippen molar-refractivity contribution in [3.05, 3.63) is 34.9 Å². The maximum absolute atomic E-state index is 13.3. The standard InChI is InChI=1S/C10H10F2O4/c1-16-4-5-2-3-6(8(12)7(5)11)9(13)10(14)15/h2-3,9,13H,4H2,1H3,(H,14,15). The van der Waals surface area contributed by atoms with Crippen molar-refractivity contribution in [3.8, 4) is 0 Å². The number of aliphatic hydroxyl groups excluding tert-OH is 1. The van der Waals surface area contributed by atoms with Gasteiger partial charge in [0.1, 0.15) is 0 Å². The molecule has 1 aromatic carbocycles. The van der Waals surface area contributed by atoms with Crippen molar-refractivity contribution in [1.82, 2.24) is 0 Å². The molecule has 16 heavy (non-hydrogen) atoms. The van der Waals surface area contributed by atoms with Gasteiger partial charge in [-0.25, -0.2) is 13.6 Å². The van der Waals surface area contributed by atoms with Gasteiger partial charge in [-0.3, -0.25) is 0 Å². The Kier molecular flexibility index (Phi) is 3.92. The number of benzene rings is 1. The van der Waals surface area contributed by atoms with Gasteiger partial charge in [-0.15, -0.1) is 0 Å². The van der Waals surface area contributed by atoms with Crippen molar-refractivity contribution in [2.24, 2.45) is 0 Å². The highest BCUT2D eigenvalue weighted by Gasteiger charge is 2.23. The van der Waals surface area contributed by atoms with E-state index < -0.39 is 29.3 Å². The Hall–Kier alpha value is -1.53. The van der Waals surface area contributed by atoms with E-state index in [4.69, 9.17) is 10.2 Å². The lowest BCUT2D eigenvalue weighted by Gasteiger charge is -2.10. The predicted octanol–water partition coefficient (Wildman–Crippen LogP) is 1.23. The summed E-state index contributed by atoms with van der Waals surface area (Å²) in [4.78, 5) is 10.4. The summed E-state index contributed by atoms with van der Waals surface area (Å²) in [5.41, 5.74) is -0.647. The van der Waals surface area contributed by atoms with Gasteiger partial charge < -0.3 is 14.9 Å². The highest BCUT2D eigenvalue weighted by Crippen LogP contribution is 2.22. The summed E-state index contributed by atoms with van der Waals surface area (Å²) >= 11 is 0. The van der Waals surface area contributed by atoms with Crippen molar-refractivity contribution in [2.45, 2.75) is 12.7 Å². The molecule has 0 saturated carbocycles. The molecule has 4 nitrogen and oxygen atoms in total. The van der Waals surface area contributed by atoms with Crippen molar-refractivity contribution < 1.29 is 28.5 Å². The minimum atomic E-state index is -2.08. The van der Waals surface area contributed by atoms with Gasteiger partial charge in [0, 0.05) is 18.2 Å². The van der Waals surface area contributed by atoms with Crippen LogP contribution in [-0.2, 0) is 16.1 Å². The lowest BCUT2D eigenvalue weighted by atomic mass is 10.1. The van der Waals surface area contributed by atoms with Crippen LogP contribution in [0, 0.1) is 11.6 Å². The molecule has 2 N–H and O–H groups in total. The van der Waals surface area contributed by atoms with Crippen LogP contribution in [0.5, 0.6) is 0 Å². The van der Waals surface area contributed by atoms with Gasteiger partial charge in [0.05, 0.1) is 6.61 Å². The van der Waals surface area contributed by atoms with Crippen molar-refractivity contribution >= 4 is 5.97 Å². The Morgan fingerprint density at radius 2 is 2.06 bits per heavy atom. The van der Waals surface area contributed by atoms with E-state index in [0.717, 1.165) is 6.07 Å². The summed E-state index contributed by atoms with van der Waals surface area (Å²) in [6, 6.07) is 2.19. The van der Waals surface area contributed by atoms with Crippen molar-refractivity contribution in [2.75, 3.05) is 7.11 Å². The molecular weight excluding hydrogens is 222 g/mol. The number of aliphatic carboxylic acids is 1. The van der Waals surface area contributed by atoms with E-state index >= 15 is 0 Å². The molecule has 0 fully saturated rings. The van der Waals surface area contributed by atoms with Crippen LogP contribution < -0.4 is 0 Å². The van der Waals surface area contributed by atoms with Crippen LogP contribution in [-0.4, -0.2) is 23.3 Å². The van der Waals surface area contributed by atoms with E-state index in [9.17, 15) is 13.6 Å². The number of rotatable bonds is 4. The van der Waals surface area contributed by atoms with Gasteiger partial charge in [0.25, 0.3) is 0 Å². The van der Waals surface area contributed by atoms with E-state index in [1.54, 1.807) is 0 Å². The Morgan fingerprint density at radius 1 is 1.44 bits per heavy atom. The monoisotopic (exact) mass is 232 g/mol. The molecule has 0 saturated heterocycles. The minimum absolute atomic E-state index is 0.0404. The van der Waals surface area contributed by atoms with Gasteiger partial charge in [0.2, 0.25) is 0 Å². The third-order valence-electron chi connectivity index (χ3n) is 2.02. The fourth-order valence-corrected chi connectivity index (χ4v) is 1.22. The number of carbonyl (C=O) groups is 1. The number of aliphatic hydroxyl groups is 1. The number of hydrogen-bond acceptors (Lipinski definition) is 3. The number of carboxylic acid groups (broad SMARTS) is 1. The zero-order valence-corrected chi connectivity index (χ0v) is 8.41. The van der Waals surface area contributed by atoms with Gasteiger partial charge in [0.15, 0.2) is 17.7 Å². The molecule has 1 rings (SSSR count).